The maximum absolute atomic E-state index is 9.85. The molecule has 0 aromatic heterocycles. The topological polar surface area (TPSA) is 61.5 Å². The molecule has 1 aliphatic rings. The molecule has 5 heteroatoms. The first-order valence-corrected chi connectivity index (χ1v) is 6.59. The maximum Gasteiger partial charge on any atom is 0.118 e. The van der Waals surface area contributed by atoms with E-state index in [1.807, 2.05) is 6.92 Å². The standard InChI is InChI=1S/C13H20ClN3O/c1-13(15,17-6-4-16-5-7-17)9-10-8-11(14)2-3-12(10)18/h2-3,8,16,18H,4-7,9,15H2,1H3. The number of phenolic OH excluding ortho intramolecular Hbond substituents is 1. The highest BCUT2D eigenvalue weighted by molar-refractivity contribution is 6.30. The van der Waals surface area contributed by atoms with E-state index in [4.69, 9.17) is 17.3 Å². The van der Waals surface area contributed by atoms with Crippen LogP contribution in [-0.2, 0) is 6.42 Å². The van der Waals surface area contributed by atoms with Crippen LogP contribution in [0.5, 0.6) is 5.75 Å². The van der Waals surface area contributed by atoms with Crippen LogP contribution in [0, 0.1) is 0 Å². The van der Waals surface area contributed by atoms with Crippen molar-refractivity contribution in [1.29, 1.82) is 0 Å². The fourth-order valence-corrected chi connectivity index (χ4v) is 2.56. The zero-order valence-electron chi connectivity index (χ0n) is 10.6. The number of hydrogen-bond donors (Lipinski definition) is 3. The van der Waals surface area contributed by atoms with Crippen LogP contribution >= 0.6 is 11.6 Å². The molecule has 1 aromatic rings. The lowest BCUT2D eigenvalue weighted by atomic mass is 9.99. The van der Waals surface area contributed by atoms with Crippen LogP contribution in [0.15, 0.2) is 18.2 Å². The SMILES string of the molecule is CC(N)(Cc1cc(Cl)ccc1O)N1CCNCC1. The second-order valence-corrected chi connectivity index (χ2v) is 5.48. The van der Waals surface area contributed by atoms with Gasteiger partial charge in [-0.25, -0.2) is 0 Å². The van der Waals surface area contributed by atoms with Crippen LogP contribution in [0.3, 0.4) is 0 Å². The number of nitrogens with zero attached hydrogens (tertiary/aromatic N) is 1. The molecule has 0 spiro atoms. The Morgan fingerprint density at radius 1 is 1.44 bits per heavy atom. The number of nitrogens with one attached hydrogen (secondary N) is 1. The predicted molar refractivity (Wildman–Crippen MR) is 73.9 cm³/mol. The number of benzene rings is 1. The summed E-state index contributed by atoms with van der Waals surface area (Å²) in [6.45, 7) is 5.75. The summed E-state index contributed by atoms with van der Waals surface area (Å²) in [6.07, 6.45) is 0.583. The monoisotopic (exact) mass is 269 g/mol. The van der Waals surface area contributed by atoms with E-state index >= 15 is 0 Å². The van der Waals surface area contributed by atoms with E-state index < -0.39 is 5.66 Å². The van der Waals surface area contributed by atoms with Crippen LogP contribution in [0.25, 0.3) is 0 Å². The van der Waals surface area contributed by atoms with Crippen molar-refractivity contribution < 1.29 is 5.11 Å². The molecule has 1 aliphatic heterocycles. The maximum atomic E-state index is 9.85. The molecule has 1 saturated heterocycles. The average molecular weight is 270 g/mol. The Hall–Kier alpha value is -0.810. The van der Waals surface area contributed by atoms with Crippen LogP contribution < -0.4 is 11.1 Å². The van der Waals surface area contributed by atoms with E-state index in [-0.39, 0.29) is 5.75 Å². The van der Waals surface area contributed by atoms with Crippen molar-refractivity contribution in [2.75, 3.05) is 26.2 Å². The number of nitrogens with two attached hydrogens (primary N) is 1. The summed E-state index contributed by atoms with van der Waals surface area (Å²) in [4.78, 5) is 2.24. The highest BCUT2D eigenvalue weighted by atomic mass is 35.5. The first-order valence-electron chi connectivity index (χ1n) is 6.21. The molecule has 1 fully saturated rings. The summed E-state index contributed by atoms with van der Waals surface area (Å²) in [6, 6.07) is 5.08. The third-order valence-corrected chi connectivity index (χ3v) is 3.66. The van der Waals surface area contributed by atoms with E-state index in [0.717, 1.165) is 31.7 Å². The minimum atomic E-state index is -0.468. The lowest BCUT2D eigenvalue weighted by molar-refractivity contribution is 0.0927. The van der Waals surface area contributed by atoms with E-state index in [2.05, 4.69) is 10.2 Å². The Labute approximate surface area is 113 Å². The number of hydrogen-bond acceptors (Lipinski definition) is 4. The summed E-state index contributed by atoms with van der Waals surface area (Å²) in [5, 5.41) is 13.8. The molecule has 4 nitrogen and oxygen atoms in total. The van der Waals surface area contributed by atoms with Crippen molar-refractivity contribution in [1.82, 2.24) is 10.2 Å². The molecule has 1 unspecified atom stereocenters. The molecule has 0 aliphatic carbocycles. The van der Waals surface area contributed by atoms with Crippen LogP contribution in [-0.4, -0.2) is 41.8 Å². The van der Waals surface area contributed by atoms with Gasteiger partial charge in [-0.15, -0.1) is 0 Å². The van der Waals surface area contributed by atoms with Gasteiger partial charge in [0.2, 0.25) is 0 Å². The van der Waals surface area contributed by atoms with Gasteiger partial charge in [0.1, 0.15) is 5.75 Å². The van der Waals surface area contributed by atoms with Gasteiger partial charge in [0.05, 0.1) is 5.66 Å². The third kappa shape index (κ3) is 3.14. The number of piperazine rings is 1. The molecular weight excluding hydrogens is 250 g/mol. The first kappa shape index (κ1) is 13.6. The van der Waals surface area contributed by atoms with Gasteiger partial charge in [0, 0.05) is 37.6 Å². The minimum absolute atomic E-state index is 0.256. The van der Waals surface area contributed by atoms with Crippen LogP contribution in [0.4, 0.5) is 0 Å². The second-order valence-electron chi connectivity index (χ2n) is 5.04. The molecule has 18 heavy (non-hydrogen) atoms. The zero-order valence-corrected chi connectivity index (χ0v) is 11.4. The lowest BCUT2D eigenvalue weighted by Crippen LogP contribution is -2.60. The molecule has 100 valence electrons. The zero-order chi connectivity index (χ0) is 13.2. The summed E-state index contributed by atoms with van der Waals surface area (Å²) in [7, 11) is 0. The third-order valence-electron chi connectivity index (χ3n) is 3.43. The summed E-state index contributed by atoms with van der Waals surface area (Å²) in [5.41, 5.74) is 6.72. The molecule has 0 amide bonds. The highest BCUT2D eigenvalue weighted by Gasteiger charge is 2.29. The van der Waals surface area contributed by atoms with Gasteiger partial charge < -0.3 is 16.2 Å². The van der Waals surface area contributed by atoms with Gasteiger partial charge >= 0.3 is 0 Å². The summed E-state index contributed by atoms with van der Waals surface area (Å²) < 4.78 is 0. The molecule has 1 aromatic carbocycles. The van der Waals surface area contributed by atoms with E-state index in [1.54, 1.807) is 18.2 Å². The van der Waals surface area contributed by atoms with Gasteiger partial charge in [0.25, 0.3) is 0 Å². The molecule has 1 heterocycles. The number of aromatic hydroxyl groups is 1. The van der Waals surface area contributed by atoms with E-state index in [1.165, 1.54) is 0 Å². The Balaban J connectivity index is 2.13. The molecular formula is C13H20ClN3O. The Kier molecular flexibility index (Phi) is 4.12. The lowest BCUT2D eigenvalue weighted by Gasteiger charge is -2.41. The van der Waals surface area contributed by atoms with Crippen LogP contribution in [0.2, 0.25) is 5.02 Å². The van der Waals surface area contributed by atoms with Gasteiger partial charge in [-0.2, -0.15) is 0 Å². The van der Waals surface area contributed by atoms with Gasteiger partial charge in [-0.1, -0.05) is 11.6 Å². The molecule has 2 rings (SSSR count). The normalized spacial score (nSPS) is 20.6. The molecule has 0 saturated carbocycles. The Morgan fingerprint density at radius 3 is 2.78 bits per heavy atom. The quantitative estimate of drug-likeness (QED) is 0.771. The van der Waals surface area contributed by atoms with Gasteiger partial charge in [0.15, 0.2) is 0 Å². The number of halogens is 1. The van der Waals surface area contributed by atoms with Crippen molar-refractivity contribution in [3.05, 3.63) is 28.8 Å². The van der Waals surface area contributed by atoms with Gasteiger partial charge in [-0.05, 0) is 30.7 Å². The minimum Gasteiger partial charge on any atom is -0.508 e. The number of phenols is 1. The van der Waals surface area contributed by atoms with Crippen molar-refractivity contribution in [2.24, 2.45) is 5.73 Å². The number of rotatable bonds is 3. The highest BCUT2D eigenvalue weighted by Crippen LogP contribution is 2.26. The van der Waals surface area contributed by atoms with Crippen molar-refractivity contribution in [2.45, 2.75) is 19.0 Å². The average Bonchev–Trinajstić information content (AvgIpc) is 2.35. The van der Waals surface area contributed by atoms with Crippen molar-refractivity contribution in [3.8, 4) is 5.75 Å². The summed E-state index contributed by atoms with van der Waals surface area (Å²) >= 11 is 5.96. The smallest absolute Gasteiger partial charge is 0.118 e. The molecule has 1 atom stereocenters. The second kappa shape index (κ2) is 5.45. The van der Waals surface area contributed by atoms with Crippen LogP contribution in [0.1, 0.15) is 12.5 Å². The first-order chi connectivity index (χ1) is 8.49. The Morgan fingerprint density at radius 2 is 2.11 bits per heavy atom. The molecule has 0 bridgehead atoms. The largest absolute Gasteiger partial charge is 0.508 e. The predicted octanol–water partition coefficient (Wildman–Crippen LogP) is 1.17. The molecule has 0 radical (unpaired) electrons. The van der Waals surface area contributed by atoms with E-state index in [0.29, 0.717) is 11.4 Å². The summed E-state index contributed by atoms with van der Waals surface area (Å²) in [5.74, 6) is 0.256. The van der Waals surface area contributed by atoms with Crippen molar-refractivity contribution >= 4 is 11.6 Å². The van der Waals surface area contributed by atoms with E-state index in [9.17, 15) is 5.11 Å². The Bertz CT molecular complexity index is 417. The fourth-order valence-electron chi connectivity index (χ4n) is 2.37. The fraction of sp³-hybridized carbons (Fsp3) is 0.538. The molecule has 4 N–H and O–H groups in total. The van der Waals surface area contributed by atoms with Crippen molar-refractivity contribution in [3.63, 3.8) is 0 Å². The van der Waals surface area contributed by atoms with Gasteiger partial charge in [-0.3, -0.25) is 4.90 Å².